The maximum Gasteiger partial charge on any atom is 0.416 e. The molecule has 2 aromatic carbocycles. The van der Waals surface area contributed by atoms with Gasteiger partial charge in [0, 0.05) is 0 Å². The van der Waals surface area contributed by atoms with E-state index in [0.29, 0.717) is 12.0 Å². The lowest BCUT2D eigenvalue weighted by atomic mass is 10.00. The number of carbonyl (C=O) groups is 1. The van der Waals surface area contributed by atoms with Crippen LogP contribution in [0.15, 0.2) is 48.5 Å². The molecule has 3 nitrogen and oxygen atoms in total. The number of benzene rings is 2. The highest BCUT2D eigenvalue weighted by Gasteiger charge is 2.29. The lowest BCUT2D eigenvalue weighted by Crippen LogP contribution is -2.33. The van der Waals surface area contributed by atoms with Crippen molar-refractivity contribution in [1.82, 2.24) is 0 Å². The van der Waals surface area contributed by atoms with E-state index in [0.717, 1.165) is 23.3 Å². The van der Waals surface area contributed by atoms with Gasteiger partial charge in [0.15, 0.2) is 0 Å². The van der Waals surface area contributed by atoms with Gasteiger partial charge in [-0.15, -0.1) is 12.4 Å². The monoisotopic (exact) mass is 359 g/mol. The molecule has 0 unspecified atom stereocenters. The van der Waals surface area contributed by atoms with Gasteiger partial charge in [-0.2, -0.15) is 13.2 Å². The van der Waals surface area contributed by atoms with E-state index in [1.165, 1.54) is 19.2 Å². The molecule has 0 saturated carbocycles. The molecule has 0 fully saturated rings. The largest absolute Gasteiger partial charge is 0.468 e. The van der Waals surface area contributed by atoms with Gasteiger partial charge in [0.2, 0.25) is 0 Å². The second kappa shape index (κ2) is 8.17. The van der Waals surface area contributed by atoms with Crippen LogP contribution >= 0.6 is 12.4 Å². The van der Waals surface area contributed by atoms with Gasteiger partial charge in [-0.05, 0) is 35.2 Å². The van der Waals surface area contributed by atoms with Crippen LogP contribution in [0.3, 0.4) is 0 Å². The highest BCUT2D eigenvalue weighted by atomic mass is 35.5. The van der Waals surface area contributed by atoms with Crippen LogP contribution in [-0.2, 0) is 22.1 Å². The van der Waals surface area contributed by atoms with Crippen molar-refractivity contribution >= 4 is 18.4 Å². The van der Waals surface area contributed by atoms with Gasteiger partial charge < -0.3 is 10.5 Å². The highest BCUT2D eigenvalue weighted by molar-refractivity contribution is 5.85. The zero-order chi connectivity index (χ0) is 17.0. The first-order chi connectivity index (χ1) is 10.8. The summed E-state index contributed by atoms with van der Waals surface area (Å²) in [6.45, 7) is 0. The number of halogens is 4. The molecule has 2 N–H and O–H groups in total. The first-order valence-electron chi connectivity index (χ1n) is 6.91. The molecule has 130 valence electrons. The average molecular weight is 360 g/mol. The van der Waals surface area contributed by atoms with Crippen LogP contribution in [0.25, 0.3) is 11.1 Å². The van der Waals surface area contributed by atoms with Crippen molar-refractivity contribution in [1.29, 1.82) is 0 Å². The summed E-state index contributed by atoms with van der Waals surface area (Å²) in [5.74, 6) is -0.489. The van der Waals surface area contributed by atoms with E-state index < -0.39 is 23.8 Å². The Kier molecular flexibility index (Phi) is 6.81. The van der Waals surface area contributed by atoms with Gasteiger partial charge in [-0.3, -0.25) is 4.79 Å². The molecule has 0 radical (unpaired) electrons. The van der Waals surface area contributed by atoms with Crippen molar-refractivity contribution in [2.75, 3.05) is 7.11 Å². The Labute approximate surface area is 144 Å². The second-order valence-corrected chi connectivity index (χ2v) is 5.11. The molecule has 0 aliphatic rings. The number of nitrogens with two attached hydrogens (primary N) is 1. The molecular weight excluding hydrogens is 343 g/mol. The van der Waals surface area contributed by atoms with E-state index in [1.807, 2.05) is 0 Å². The summed E-state index contributed by atoms with van der Waals surface area (Å²) >= 11 is 0. The van der Waals surface area contributed by atoms with E-state index >= 15 is 0 Å². The summed E-state index contributed by atoms with van der Waals surface area (Å²) in [6, 6.07) is 11.4. The predicted molar refractivity (Wildman–Crippen MR) is 87.8 cm³/mol. The second-order valence-electron chi connectivity index (χ2n) is 5.11. The molecule has 2 rings (SSSR count). The van der Waals surface area contributed by atoms with Crippen molar-refractivity contribution in [2.45, 2.75) is 18.6 Å². The lowest BCUT2D eigenvalue weighted by Gasteiger charge is -2.10. The Hall–Kier alpha value is -2.05. The van der Waals surface area contributed by atoms with Gasteiger partial charge in [-0.25, -0.2) is 0 Å². The van der Waals surface area contributed by atoms with Crippen molar-refractivity contribution in [2.24, 2.45) is 5.73 Å². The first-order valence-corrected chi connectivity index (χ1v) is 6.91. The fourth-order valence-corrected chi connectivity index (χ4v) is 2.17. The minimum atomic E-state index is -4.34. The fourth-order valence-electron chi connectivity index (χ4n) is 2.17. The van der Waals surface area contributed by atoms with Crippen LogP contribution in [0, 0.1) is 0 Å². The smallest absolute Gasteiger partial charge is 0.416 e. The topological polar surface area (TPSA) is 52.3 Å². The van der Waals surface area contributed by atoms with Gasteiger partial charge in [0.1, 0.15) is 6.04 Å². The molecule has 0 aliphatic carbocycles. The number of rotatable bonds is 4. The molecule has 0 aromatic heterocycles. The molecular formula is C17H17ClF3NO2. The molecule has 0 bridgehead atoms. The Morgan fingerprint density at radius 1 is 1.04 bits per heavy atom. The molecule has 1 atom stereocenters. The Bertz CT molecular complexity index is 670. The van der Waals surface area contributed by atoms with Gasteiger partial charge >= 0.3 is 12.1 Å². The third-order valence-corrected chi connectivity index (χ3v) is 3.46. The van der Waals surface area contributed by atoms with E-state index in [1.54, 1.807) is 24.3 Å². The SMILES string of the molecule is COC(=O)[C@@H](N)Cc1ccc(-c2ccc(C(F)(F)F)cc2)cc1.Cl. The van der Waals surface area contributed by atoms with Crippen LogP contribution < -0.4 is 5.73 Å². The van der Waals surface area contributed by atoms with E-state index in [4.69, 9.17) is 5.73 Å². The Morgan fingerprint density at radius 3 is 1.92 bits per heavy atom. The normalized spacial score (nSPS) is 12.2. The number of ether oxygens (including phenoxy) is 1. The number of alkyl halides is 3. The average Bonchev–Trinajstić information content (AvgIpc) is 2.54. The van der Waals surface area contributed by atoms with Gasteiger partial charge in [0.05, 0.1) is 12.7 Å². The third-order valence-electron chi connectivity index (χ3n) is 3.46. The molecule has 0 spiro atoms. The zero-order valence-corrected chi connectivity index (χ0v) is 13.7. The number of hydrogen-bond donors (Lipinski definition) is 1. The van der Waals surface area contributed by atoms with Crippen molar-refractivity contribution in [3.63, 3.8) is 0 Å². The third kappa shape index (κ3) is 4.97. The Balaban J connectivity index is 0.00000288. The van der Waals surface area contributed by atoms with E-state index in [2.05, 4.69) is 4.74 Å². The molecule has 0 aliphatic heterocycles. The first kappa shape index (κ1) is 20.0. The van der Waals surface area contributed by atoms with Crippen molar-refractivity contribution in [3.8, 4) is 11.1 Å². The van der Waals surface area contributed by atoms with Crippen molar-refractivity contribution < 1.29 is 22.7 Å². The molecule has 0 amide bonds. The van der Waals surface area contributed by atoms with Crippen LogP contribution in [0.2, 0.25) is 0 Å². The molecule has 24 heavy (non-hydrogen) atoms. The zero-order valence-electron chi connectivity index (χ0n) is 12.8. The number of carbonyl (C=O) groups excluding carboxylic acids is 1. The summed E-state index contributed by atoms with van der Waals surface area (Å²) in [5.41, 5.74) is 7.32. The lowest BCUT2D eigenvalue weighted by molar-refractivity contribution is -0.142. The van der Waals surface area contributed by atoms with Crippen LogP contribution in [-0.4, -0.2) is 19.1 Å². The maximum absolute atomic E-state index is 12.5. The highest BCUT2D eigenvalue weighted by Crippen LogP contribution is 2.31. The minimum Gasteiger partial charge on any atom is -0.468 e. The quantitative estimate of drug-likeness (QED) is 0.844. The molecule has 0 saturated heterocycles. The summed E-state index contributed by atoms with van der Waals surface area (Å²) in [6.07, 6.45) is -4.01. The Morgan fingerprint density at radius 2 is 1.50 bits per heavy atom. The molecule has 7 heteroatoms. The maximum atomic E-state index is 12.5. The summed E-state index contributed by atoms with van der Waals surface area (Å²) < 4.78 is 42.2. The number of esters is 1. The fraction of sp³-hybridized carbons (Fsp3) is 0.235. The number of methoxy groups -OCH3 is 1. The van der Waals surface area contributed by atoms with Gasteiger partial charge in [0.25, 0.3) is 0 Å². The summed E-state index contributed by atoms with van der Waals surface area (Å²) in [7, 11) is 1.27. The van der Waals surface area contributed by atoms with E-state index in [9.17, 15) is 18.0 Å². The van der Waals surface area contributed by atoms with Crippen LogP contribution in [0.5, 0.6) is 0 Å². The predicted octanol–water partition coefficient (Wildman–Crippen LogP) is 3.84. The van der Waals surface area contributed by atoms with E-state index in [-0.39, 0.29) is 12.4 Å². The van der Waals surface area contributed by atoms with Crippen LogP contribution in [0.1, 0.15) is 11.1 Å². The van der Waals surface area contributed by atoms with Crippen LogP contribution in [0.4, 0.5) is 13.2 Å². The molecule has 2 aromatic rings. The molecule has 0 heterocycles. The number of hydrogen-bond acceptors (Lipinski definition) is 3. The van der Waals surface area contributed by atoms with Gasteiger partial charge in [-0.1, -0.05) is 36.4 Å². The van der Waals surface area contributed by atoms with Crippen molar-refractivity contribution in [3.05, 3.63) is 59.7 Å². The summed E-state index contributed by atoms with van der Waals surface area (Å²) in [5, 5.41) is 0. The standard InChI is InChI=1S/C17H16F3NO2.ClH/c1-23-16(22)15(21)10-11-2-4-12(5-3-11)13-6-8-14(9-7-13)17(18,19)20;/h2-9,15H,10,21H2,1H3;1H/t15-;/m0./s1. The summed E-state index contributed by atoms with van der Waals surface area (Å²) in [4.78, 5) is 11.3. The minimum absolute atomic E-state index is 0.